The summed E-state index contributed by atoms with van der Waals surface area (Å²) in [6.07, 6.45) is 1.18. The van der Waals surface area contributed by atoms with E-state index in [-0.39, 0.29) is 10.9 Å². The number of anilines is 1. The zero-order valence-electron chi connectivity index (χ0n) is 14.0. The summed E-state index contributed by atoms with van der Waals surface area (Å²) in [5, 5.41) is 3.72. The number of ether oxygens (including phenoxy) is 2. The maximum atomic E-state index is 11.9. The molecular formula is C17H20ClNO4S. The molecule has 0 aliphatic rings. The summed E-state index contributed by atoms with van der Waals surface area (Å²) >= 11 is 6.15. The van der Waals surface area contributed by atoms with Gasteiger partial charge in [-0.25, -0.2) is 8.42 Å². The fourth-order valence-corrected chi connectivity index (χ4v) is 3.57. The van der Waals surface area contributed by atoms with Crippen LogP contribution >= 0.6 is 11.6 Å². The smallest absolute Gasteiger partial charge is 0.177 e. The van der Waals surface area contributed by atoms with Crippen molar-refractivity contribution in [3.8, 4) is 11.5 Å². The van der Waals surface area contributed by atoms with Gasteiger partial charge in [0.2, 0.25) is 0 Å². The molecule has 7 heteroatoms. The Bertz CT molecular complexity index is 836. The first-order valence-corrected chi connectivity index (χ1v) is 9.52. The Labute approximate surface area is 147 Å². The Morgan fingerprint density at radius 3 is 2.38 bits per heavy atom. The highest BCUT2D eigenvalue weighted by Crippen LogP contribution is 2.39. The van der Waals surface area contributed by atoms with Crippen LogP contribution in [0.3, 0.4) is 0 Å². The van der Waals surface area contributed by atoms with E-state index in [0.717, 1.165) is 5.56 Å². The summed E-state index contributed by atoms with van der Waals surface area (Å²) in [7, 11) is -0.258. The van der Waals surface area contributed by atoms with E-state index in [1.165, 1.54) is 13.4 Å². The minimum absolute atomic E-state index is 0.241. The molecule has 5 nitrogen and oxygen atoms in total. The molecule has 0 bridgehead atoms. The summed E-state index contributed by atoms with van der Waals surface area (Å²) in [5.41, 5.74) is 1.29. The second kappa shape index (κ2) is 7.32. The molecule has 1 N–H and O–H groups in total. The summed E-state index contributed by atoms with van der Waals surface area (Å²) in [4.78, 5) is 0.241. The van der Waals surface area contributed by atoms with Gasteiger partial charge in [-0.15, -0.1) is 0 Å². The van der Waals surface area contributed by atoms with Crippen LogP contribution in [0.5, 0.6) is 11.5 Å². The van der Waals surface area contributed by atoms with E-state index in [2.05, 4.69) is 5.32 Å². The maximum absolute atomic E-state index is 11.9. The Kier molecular flexibility index (Phi) is 5.62. The van der Waals surface area contributed by atoms with E-state index < -0.39 is 9.84 Å². The van der Waals surface area contributed by atoms with Crippen molar-refractivity contribution in [1.82, 2.24) is 0 Å². The van der Waals surface area contributed by atoms with Gasteiger partial charge in [0.05, 0.1) is 30.8 Å². The quantitative estimate of drug-likeness (QED) is 0.835. The Balaban J connectivity index is 2.45. The Morgan fingerprint density at radius 1 is 1.12 bits per heavy atom. The average Bonchev–Trinajstić information content (AvgIpc) is 2.53. The predicted molar refractivity (Wildman–Crippen MR) is 96.1 cm³/mol. The number of benzene rings is 2. The van der Waals surface area contributed by atoms with Crippen LogP contribution in [-0.4, -0.2) is 28.9 Å². The highest BCUT2D eigenvalue weighted by Gasteiger charge is 2.20. The van der Waals surface area contributed by atoms with Gasteiger partial charge in [-0.2, -0.15) is 0 Å². The molecule has 0 amide bonds. The summed E-state index contributed by atoms with van der Waals surface area (Å²) in [6, 6.07) is 9.94. The third-order valence-corrected chi connectivity index (χ3v) is 4.97. The number of sulfone groups is 1. The monoisotopic (exact) mass is 369 g/mol. The number of halogens is 1. The number of nitrogens with one attached hydrogen (secondary N) is 1. The average molecular weight is 370 g/mol. The molecule has 0 aliphatic heterocycles. The molecule has 130 valence electrons. The first kappa shape index (κ1) is 18.4. The first-order valence-electron chi connectivity index (χ1n) is 7.25. The van der Waals surface area contributed by atoms with Crippen LogP contribution < -0.4 is 14.8 Å². The van der Waals surface area contributed by atoms with Crippen molar-refractivity contribution in [2.24, 2.45) is 0 Å². The molecule has 0 saturated heterocycles. The molecule has 24 heavy (non-hydrogen) atoms. The predicted octanol–water partition coefficient (Wildman–Crippen LogP) is 3.93. The summed E-state index contributed by atoms with van der Waals surface area (Å²) in [6.45, 7) is 1.90. The van der Waals surface area contributed by atoms with Gasteiger partial charge in [-0.3, -0.25) is 0 Å². The molecule has 0 spiro atoms. The molecule has 1 atom stereocenters. The molecule has 2 rings (SSSR count). The van der Waals surface area contributed by atoms with Crippen LogP contribution in [0.1, 0.15) is 18.5 Å². The molecule has 0 saturated carbocycles. The molecule has 2 aromatic carbocycles. The molecule has 0 aliphatic carbocycles. The lowest BCUT2D eigenvalue weighted by atomic mass is 10.1. The minimum atomic E-state index is -3.34. The van der Waals surface area contributed by atoms with Crippen LogP contribution in [0.4, 0.5) is 5.69 Å². The lowest BCUT2D eigenvalue weighted by Crippen LogP contribution is -2.12. The first-order chi connectivity index (χ1) is 11.3. The fourth-order valence-electron chi connectivity index (χ4n) is 2.50. The number of rotatable bonds is 6. The summed E-state index contributed by atoms with van der Waals surface area (Å²) in [5.74, 6) is 1.07. The highest BCUT2D eigenvalue weighted by molar-refractivity contribution is 7.90. The molecule has 1 unspecified atom stereocenters. The van der Waals surface area contributed by atoms with Gasteiger partial charge in [-0.1, -0.05) is 23.7 Å². The minimum Gasteiger partial charge on any atom is -0.493 e. The zero-order chi connectivity index (χ0) is 17.9. The Morgan fingerprint density at radius 2 is 1.79 bits per heavy atom. The van der Waals surface area contributed by atoms with Crippen LogP contribution in [0.2, 0.25) is 5.02 Å². The normalized spacial score (nSPS) is 12.5. The molecular weight excluding hydrogens is 350 g/mol. The van der Waals surface area contributed by atoms with Gasteiger partial charge in [-0.05, 0) is 25.1 Å². The van der Waals surface area contributed by atoms with Crippen molar-refractivity contribution in [1.29, 1.82) is 0 Å². The van der Waals surface area contributed by atoms with Gasteiger partial charge in [0, 0.05) is 22.9 Å². The third kappa shape index (κ3) is 3.94. The second-order valence-electron chi connectivity index (χ2n) is 5.36. The van der Waals surface area contributed by atoms with Crippen LogP contribution in [-0.2, 0) is 9.84 Å². The topological polar surface area (TPSA) is 64.6 Å². The summed E-state index contributed by atoms with van der Waals surface area (Å²) < 4.78 is 34.6. The van der Waals surface area contributed by atoms with Gasteiger partial charge in [0.25, 0.3) is 0 Å². The van der Waals surface area contributed by atoms with Crippen molar-refractivity contribution in [3.63, 3.8) is 0 Å². The fraction of sp³-hybridized carbons (Fsp3) is 0.294. The maximum Gasteiger partial charge on any atom is 0.177 e. The van der Waals surface area contributed by atoms with E-state index in [1.54, 1.807) is 43.5 Å². The van der Waals surface area contributed by atoms with E-state index in [4.69, 9.17) is 21.1 Å². The van der Waals surface area contributed by atoms with Crippen molar-refractivity contribution in [2.45, 2.75) is 17.9 Å². The van der Waals surface area contributed by atoms with Gasteiger partial charge < -0.3 is 14.8 Å². The van der Waals surface area contributed by atoms with Crippen molar-refractivity contribution < 1.29 is 17.9 Å². The molecule has 0 fully saturated rings. The van der Waals surface area contributed by atoms with E-state index in [1.807, 2.05) is 6.92 Å². The molecule has 0 radical (unpaired) electrons. The van der Waals surface area contributed by atoms with Crippen molar-refractivity contribution >= 4 is 27.1 Å². The molecule has 2 aromatic rings. The van der Waals surface area contributed by atoms with Gasteiger partial charge in [0.15, 0.2) is 21.3 Å². The molecule has 0 aromatic heterocycles. The van der Waals surface area contributed by atoms with Crippen LogP contribution in [0.15, 0.2) is 41.3 Å². The lowest BCUT2D eigenvalue weighted by molar-refractivity contribution is 0.350. The van der Waals surface area contributed by atoms with Crippen LogP contribution in [0.25, 0.3) is 0 Å². The van der Waals surface area contributed by atoms with Crippen molar-refractivity contribution in [3.05, 3.63) is 47.0 Å². The van der Waals surface area contributed by atoms with E-state index >= 15 is 0 Å². The van der Waals surface area contributed by atoms with Crippen molar-refractivity contribution in [2.75, 3.05) is 25.8 Å². The van der Waals surface area contributed by atoms with E-state index in [0.29, 0.717) is 22.2 Å². The number of para-hydroxylation sites is 1. The second-order valence-corrected chi connectivity index (χ2v) is 7.79. The number of hydrogen-bond donors (Lipinski definition) is 1. The number of hydrogen-bond acceptors (Lipinski definition) is 5. The SMILES string of the molecule is COc1cc(Cl)cc(C(C)Nc2ccccc2S(C)(=O)=O)c1OC. The largest absolute Gasteiger partial charge is 0.493 e. The zero-order valence-corrected chi connectivity index (χ0v) is 15.5. The molecule has 0 heterocycles. The van der Waals surface area contributed by atoms with Crippen LogP contribution in [0, 0.1) is 0 Å². The van der Waals surface area contributed by atoms with Gasteiger partial charge in [0.1, 0.15) is 0 Å². The standard InChI is InChI=1S/C17H20ClNO4S/c1-11(13-9-12(18)10-15(22-2)17(13)23-3)19-14-7-5-6-8-16(14)24(4,20)21/h5-11,19H,1-4H3. The third-order valence-electron chi connectivity index (χ3n) is 3.60. The number of methoxy groups -OCH3 is 2. The highest BCUT2D eigenvalue weighted by atomic mass is 35.5. The van der Waals surface area contributed by atoms with Gasteiger partial charge >= 0.3 is 0 Å². The Hall–Kier alpha value is -1.92. The lowest BCUT2D eigenvalue weighted by Gasteiger charge is -2.21. The van der Waals surface area contributed by atoms with E-state index in [9.17, 15) is 8.42 Å².